The van der Waals surface area contributed by atoms with E-state index in [4.69, 9.17) is 10.8 Å². The molecule has 0 radical (unpaired) electrons. The molecule has 5 rings (SSSR count). The van der Waals surface area contributed by atoms with E-state index in [-0.39, 0.29) is 11.4 Å². The van der Waals surface area contributed by atoms with Crippen LogP contribution in [-0.4, -0.2) is 50.4 Å². The number of carbonyl (C=O) groups is 1. The van der Waals surface area contributed by atoms with E-state index in [0.29, 0.717) is 12.4 Å². The number of aromatic nitrogens is 3. The van der Waals surface area contributed by atoms with Gasteiger partial charge in [-0.1, -0.05) is 24.3 Å². The number of pyridine rings is 1. The molecule has 4 N–H and O–H groups in total. The van der Waals surface area contributed by atoms with Gasteiger partial charge in [-0.15, -0.1) is 0 Å². The zero-order valence-corrected chi connectivity index (χ0v) is 19.1. The van der Waals surface area contributed by atoms with Gasteiger partial charge in [0.2, 0.25) is 0 Å². The van der Waals surface area contributed by atoms with E-state index in [1.54, 1.807) is 13.1 Å². The van der Waals surface area contributed by atoms with Crippen molar-refractivity contribution in [3.63, 3.8) is 0 Å². The highest BCUT2D eigenvalue weighted by Crippen LogP contribution is 2.44. The highest BCUT2D eigenvalue weighted by molar-refractivity contribution is 5.79. The molecule has 3 aromatic rings. The smallest absolute Gasteiger partial charge is 0.317 e. The van der Waals surface area contributed by atoms with E-state index in [2.05, 4.69) is 21.0 Å². The van der Waals surface area contributed by atoms with Gasteiger partial charge in [0.1, 0.15) is 5.82 Å². The van der Waals surface area contributed by atoms with Crippen molar-refractivity contribution in [3.05, 3.63) is 53.9 Å². The zero-order valence-electron chi connectivity index (χ0n) is 19.1. The Morgan fingerprint density at radius 1 is 1.21 bits per heavy atom. The first kappa shape index (κ1) is 21.5. The lowest BCUT2D eigenvalue weighted by molar-refractivity contribution is 0.199. The van der Waals surface area contributed by atoms with E-state index >= 15 is 0 Å². The third kappa shape index (κ3) is 3.74. The minimum absolute atomic E-state index is 0.0153. The Morgan fingerprint density at radius 2 is 1.97 bits per heavy atom. The van der Waals surface area contributed by atoms with Gasteiger partial charge in [-0.05, 0) is 49.9 Å². The molecule has 2 unspecified atom stereocenters. The van der Waals surface area contributed by atoms with Gasteiger partial charge < -0.3 is 21.1 Å². The molecule has 0 saturated carbocycles. The molecule has 4 heterocycles. The topological polar surface area (TPSA) is 109 Å². The van der Waals surface area contributed by atoms with E-state index < -0.39 is 6.10 Å². The Kier molecular flexibility index (Phi) is 5.32. The SMILES string of the molecule is CCNC(=O)N1CCC2(CCn3nc(-c4cnc(N)c(-c5ccc(C(C)O)cc5)c4)cc32)C1. The van der Waals surface area contributed by atoms with Crippen LogP contribution in [0.2, 0.25) is 0 Å². The number of nitrogens with one attached hydrogen (secondary N) is 1. The van der Waals surface area contributed by atoms with E-state index in [0.717, 1.165) is 60.4 Å². The first-order chi connectivity index (χ1) is 15.9. The summed E-state index contributed by atoms with van der Waals surface area (Å²) in [5, 5.41) is 17.6. The molecule has 2 aromatic heterocycles. The molecule has 2 aliphatic rings. The lowest BCUT2D eigenvalue weighted by atomic mass is 9.82. The number of aliphatic hydroxyl groups excluding tert-OH is 1. The number of nitrogens with zero attached hydrogens (tertiary/aromatic N) is 4. The lowest BCUT2D eigenvalue weighted by Gasteiger charge is -2.23. The largest absolute Gasteiger partial charge is 0.389 e. The van der Waals surface area contributed by atoms with Crippen LogP contribution in [0, 0.1) is 0 Å². The molecule has 8 nitrogen and oxygen atoms in total. The number of hydrogen-bond donors (Lipinski definition) is 3. The Bertz CT molecular complexity index is 1190. The van der Waals surface area contributed by atoms with Crippen LogP contribution in [0.3, 0.4) is 0 Å². The summed E-state index contributed by atoms with van der Waals surface area (Å²) >= 11 is 0. The van der Waals surface area contributed by atoms with Crippen LogP contribution < -0.4 is 11.1 Å². The molecule has 2 atom stereocenters. The van der Waals surface area contributed by atoms with Gasteiger partial charge in [0, 0.05) is 54.6 Å². The third-order valence-corrected chi connectivity index (χ3v) is 7.01. The molecule has 2 amide bonds. The maximum absolute atomic E-state index is 12.3. The molecule has 1 aromatic carbocycles. The molecule has 1 saturated heterocycles. The minimum atomic E-state index is -0.513. The number of benzene rings is 1. The number of urea groups is 1. The number of aliphatic hydroxyl groups is 1. The number of aryl methyl sites for hydroxylation is 1. The summed E-state index contributed by atoms with van der Waals surface area (Å²) in [6.45, 7) is 6.67. The predicted octanol–water partition coefficient (Wildman–Crippen LogP) is 3.32. The molecular formula is C25H30N6O2. The number of rotatable bonds is 4. The van der Waals surface area contributed by atoms with Gasteiger partial charge >= 0.3 is 6.03 Å². The number of nitrogen functional groups attached to an aromatic ring is 1. The number of likely N-dealkylation sites (tertiary alicyclic amines) is 1. The maximum atomic E-state index is 12.3. The second kappa shape index (κ2) is 8.19. The molecule has 1 fully saturated rings. The number of amides is 2. The van der Waals surface area contributed by atoms with Gasteiger partial charge in [-0.3, -0.25) is 4.68 Å². The third-order valence-electron chi connectivity index (χ3n) is 7.01. The second-order valence-corrected chi connectivity index (χ2v) is 9.13. The fourth-order valence-electron chi connectivity index (χ4n) is 5.11. The molecule has 172 valence electrons. The summed E-state index contributed by atoms with van der Waals surface area (Å²) < 4.78 is 2.09. The molecule has 0 aliphatic carbocycles. The fraction of sp³-hybridized carbons (Fsp3) is 0.400. The van der Waals surface area contributed by atoms with Crippen LogP contribution in [0.5, 0.6) is 0 Å². The van der Waals surface area contributed by atoms with Gasteiger partial charge in [0.25, 0.3) is 0 Å². The quantitative estimate of drug-likeness (QED) is 0.570. The summed E-state index contributed by atoms with van der Waals surface area (Å²) in [4.78, 5) is 18.7. The van der Waals surface area contributed by atoms with Crippen molar-refractivity contribution in [2.45, 2.75) is 44.8 Å². The van der Waals surface area contributed by atoms with Crippen molar-refractivity contribution >= 4 is 11.8 Å². The van der Waals surface area contributed by atoms with Crippen LogP contribution in [0.15, 0.2) is 42.6 Å². The standard InChI is InChI=1S/C25H30N6O2/c1-3-27-24(33)30-10-8-25(15-30)9-11-31-22(25)13-21(29-31)19-12-20(23(26)28-14-19)18-6-4-17(5-7-18)16(2)32/h4-7,12-14,16,32H,3,8-11,15H2,1-2H3,(H2,26,28)(H,27,33). The van der Waals surface area contributed by atoms with Gasteiger partial charge in [-0.25, -0.2) is 9.78 Å². The van der Waals surface area contributed by atoms with Gasteiger partial charge in [0.05, 0.1) is 11.8 Å². The highest BCUT2D eigenvalue weighted by Gasteiger charge is 2.46. The van der Waals surface area contributed by atoms with Crippen molar-refractivity contribution in [1.82, 2.24) is 25.0 Å². The van der Waals surface area contributed by atoms with Crippen LogP contribution in [-0.2, 0) is 12.0 Å². The lowest BCUT2D eigenvalue weighted by Crippen LogP contribution is -2.40. The Hall–Kier alpha value is -3.39. The van der Waals surface area contributed by atoms with E-state index in [1.807, 2.05) is 42.2 Å². The van der Waals surface area contributed by atoms with Crippen molar-refractivity contribution in [2.24, 2.45) is 0 Å². The minimum Gasteiger partial charge on any atom is -0.389 e. The Labute approximate surface area is 193 Å². The number of fused-ring (bicyclic) bond motifs is 2. The van der Waals surface area contributed by atoms with Crippen molar-refractivity contribution in [1.29, 1.82) is 0 Å². The van der Waals surface area contributed by atoms with Crippen LogP contribution in [0.1, 0.15) is 44.1 Å². The predicted molar refractivity (Wildman–Crippen MR) is 127 cm³/mol. The normalized spacial score (nSPS) is 20.3. The molecule has 1 spiro atoms. The Morgan fingerprint density at radius 3 is 2.70 bits per heavy atom. The molecule has 8 heteroatoms. The summed E-state index contributed by atoms with van der Waals surface area (Å²) in [7, 11) is 0. The number of hydrogen-bond acceptors (Lipinski definition) is 5. The van der Waals surface area contributed by atoms with Gasteiger partial charge in [0.15, 0.2) is 0 Å². The summed E-state index contributed by atoms with van der Waals surface area (Å²) in [6, 6.07) is 11.9. The Balaban J connectivity index is 1.44. The zero-order chi connectivity index (χ0) is 23.2. The van der Waals surface area contributed by atoms with E-state index in [9.17, 15) is 9.90 Å². The highest BCUT2D eigenvalue weighted by atomic mass is 16.3. The summed E-state index contributed by atoms with van der Waals surface area (Å²) in [5.41, 5.74) is 11.8. The van der Waals surface area contributed by atoms with E-state index in [1.165, 1.54) is 5.69 Å². The average molecular weight is 447 g/mol. The average Bonchev–Trinajstić information content (AvgIpc) is 3.51. The summed E-state index contributed by atoms with van der Waals surface area (Å²) in [6.07, 6.45) is 3.21. The molecule has 33 heavy (non-hydrogen) atoms. The summed E-state index contributed by atoms with van der Waals surface area (Å²) in [5.74, 6) is 0.458. The molecule has 0 bridgehead atoms. The van der Waals surface area contributed by atoms with Crippen molar-refractivity contribution < 1.29 is 9.90 Å². The molecular weight excluding hydrogens is 416 g/mol. The van der Waals surface area contributed by atoms with Crippen molar-refractivity contribution in [3.8, 4) is 22.4 Å². The van der Waals surface area contributed by atoms with Crippen LogP contribution in [0.4, 0.5) is 10.6 Å². The maximum Gasteiger partial charge on any atom is 0.317 e. The first-order valence-corrected chi connectivity index (χ1v) is 11.6. The number of nitrogens with two attached hydrogens (primary N) is 1. The van der Waals surface area contributed by atoms with Crippen molar-refractivity contribution in [2.75, 3.05) is 25.4 Å². The van der Waals surface area contributed by atoms with Crippen LogP contribution in [0.25, 0.3) is 22.4 Å². The fourth-order valence-corrected chi connectivity index (χ4v) is 5.11. The monoisotopic (exact) mass is 446 g/mol. The first-order valence-electron chi connectivity index (χ1n) is 11.6. The number of carbonyl (C=O) groups excluding carboxylic acids is 1. The van der Waals surface area contributed by atoms with Crippen LogP contribution >= 0.6 is 0 Å². The van der Waals surface area contributed by atoms with Gasteiger partial charge in [-0.2, -0.15) is 5.10 Å². The molecule has 2 aliphatic heterocycles. The number of anilines is 1. The second-order valence-electron chi connectivity index (χ2n) is 9.13.